The van der Waals surface area contributed by atoms with E-state index in [1.807, 2.05) is 61.5 Å². The number of hydrogen-bond acceptors (Lipinski definition) is 7. The Balaban J connectivity index is 1.28. The van der Waals surface area contributed by atoms with Crippen molar-refractivity contribution in [1.29, 1.82) is 0 Å². The van der Waals surface area contributed by atoms with Crippen molar-refractivity contribution >= 4 is 11.7 Å². The average molecular weight is 477 g/mol. The SMILES string of the molecule is CCOc1ccc(OCCNC(=O)C2CCCN(c3cc(-c4ccc(OC)cc4)ncn3)C2)cc1. The fraction of sp³-hybridized carbons (Fsp3) is 0.370. The highest BCUT2D eigenvalue weighted by Crippen LogP contribution is 2.26. The number of piperidine rings is 1. The molecule has 1 fully saturated rings. The lowest BCUT2D eigenvalue weighted by molar-refractivity contribution is -0.125. The van der Waals surface area contributed by atoms with Crippen LogP contribution in [0.15, 0.2) is 60.9 Å². The van der Waals surface area contributed by atoms with E-state index in [2.05, 4.69) is 20.2 Å². The van der Waals surface area contributed by atoms with Crippen LogP contribution in [0.5, 0.6) is 17.2 Å². The Morgan fingerprint density at radius 3 is 2.46 bits per heavy atom. The molecule has 4 rings (SSSR count). The minimum absolute atomic E-state index is 0.0504. The largest absolute Gasteiger partial charge is 0.497 e. The molecule has 1 aliphatic heterocycles. The second kappa shape index (κ2) is 12.1. The maximum atomic E-state index is 12.8. The van der Waals surface area contributed by atoms with Gasteiger partial charge in [0.15, 0.2) is 0 Å². The first-order valence-corrected chi connectivity index (χ1v) is 12.0. The second-order valence-electron chi connectivity index (χ2n) is 8.32. The van der Waals surface area contributed by atoms with E-state index in [4.69, 9.17) is 14.2 Å². The van der Waals surface area contributed by atoms with Gasteiger partial charge in [-0.2, -0.15) is 0 Å². The minimum Gasteiger partial charge on any atom is -0.497 e. The summed E-state index contributed by atoms with van der Waals surface area (Å²) in [6.45, 7) is 4.94. The van der Waals surface area contributed by atoms with Crippen molar-refractivity contribution < 1.29 is 19.0 Å². The van der Waals surface area contributed by atoms with Gasteiger partial charge in [-0.05, 0) is 68.3 Å². The van der Waals surface area contributed by atoms with Crippen molar-refractivity contribution in [3.05, 3.63) is 60.9 Å². The number of rotatable bonds is 10. The third kappa shape index (κ3) is 6.62. The highest BCUT2D eigenvalue weighted by Gasteiger charge is 2.26. The van der Waals surface area contributed by atoms with Crippen molar-refractivity contribution in [3.8, 4) is 28.5 Å². The van der Waals surface area contributed by atoms with Crippen LogP contribution in [-0.2, 0) is 4.79 Å². The van der Waals surface area contributed by atoms with Crippen LogP contribution >= 0.6 is 0 Å². The number of carbonyl (C=O) groups is 1. The van der Waals surface area contributed by atoms with Gasteiger partial charge in [-0.1, -0.05) is 0 Å². The lowest BCUT2D eigenvalue weighted by atomic mass is 9.97. The molecule has 1 aliphatic rings. The lowest BCUT2D eigenvalue weighted by Crippen LogP contribution is -2.44. The van der Waals surface area contributed by atoms with Crippen molar-refractivity contribution in [2.45, 2.75) is 19.8 Å². The Hall–Kier alpha value is -3.81. The van der Waals surface area contributed by atoms with Crippen LogP contribution in [0.3, 0.4) is 0 Å². The Bertz CT molecular complexity index is 1090. The summed E-state index contributed by atoms with van der Waals surface area (Å²) in [7, 11) is 1.65. The summed E-state index contributed by atoms with van der Waals surface area (Å²) >= 11 is 0. The average Bonchev–Trinajstić information content (AvgIpc) is 2.92. The smallest absolute Gasteiger partial charge is 0.225 e. The highest BCUT2D eigenvalue weighted by molar-refractivity contribution is 5.79. The molecule has 2 heterocycles. The van der Waals surface area contributed by atoms with Gasteiger partial charge in [0, 0.05) is 24.7 Å². The van der Waals surface area contributed by atoms with Gasteiger partial charge in [0.1, 0.15) is 36.0 Å². The molecule has 3 aromatic rings. The van der Waals surface area contributed by atoms with Gasteiger partial charge >= 0.3 is 0 Å². The van der Waals surface area contributed by atoms with Gasteiger partial charge in [0.05, 0.1) is 31.9 Å². The molecule has 184 valence electrons. The molecule has 1 aromatic heterocycles. The van der Waals surface area contributed by atoms with E-state index in [1.165, 1.54) is 0 Å². The number of nitrogens with zero attached hydrogens (tertiary/aromatic N) is 3. The van der Waals surface area contributed by atoms with Crippen LogP contribution in [-0.4, -0.2) is 55.8 Å². The minimum atomic E-state index is -0.0892. The number of amides is 1. The van der Waals surface area contributed by atoms with Gasteiger partial charge in [-0.25, -0.2) is 9.97 Å². The summed E-state index contributed by atoms with van der Waals surface area (Å²) in [5.74, 6) is 3.17. The summed E-state index contributed by atoms with van der Waals surface area (Å²) in [5, 5.41) is 3.01. The molecule has 0 radical (unpaired) electrons. The van der Waals surface area contributed by atoms with Crippen molar-refractivity contribution in [2.75, 3.05) is 44.9 Å². The van der Waals surface area contributed by atoms with E-state index >= 15 is 0 Å². The quantitative estimate of drug-likeness (QED) is 0.443. The summed E-state index contributed by atoms with van der Waals surface area (Å²) in [6, 6.07) is 17.3. The Morgan fingerprint density at radius 1 is 1.03 bits per heavy atom. The first-order valence-electron chi connectivity index (χ1n) is 12.0. The molecule has 0 spiro atoms. The highest BCUT2D eigenvalue weighted by atomic mass is 16.5. The van der Waals surface area contributed by atoms with E-state index in [1.54, 1.807) is 13.4 Å². The molecule has 1 amide bonds. The molecule has 2 aromatic carbocycles. The predicted octanol–water partition coefficient (Wildman–Crippen LogP) is 3.96. The number of nitrogens with one attached hydrogen (secondary N) is 1. The van der Waals surface area contributed by atoms with Gasteiger partial charge in [0.2, 0.25) is 5.91 Å². The standard InChI is InChI=1S/C27H32N4O4/c1-3-34-23-10-12-24(13-11-23)35-16-14-28-27(32)21-5-4-15-31(18-21)26-17-25(29-19-30-26)20-6-8-22(33-2)9-7-20/h6-13,17,19,21H,3-5,14-16,18H2,1-2H3,(H,28,32). The first kappa shape index (κ1) is 24.3. The van der Waals surface area contributed by atoms with Crippen LogP contribution in [0.25, 0.3) is 11.3 Å². The van der Waals surface area contributed by atoms with Gasteiger partial charge in [-0.15, -0.1) is 0 Å². The van der Waals surface area contributed by atoms with E-state index in [0.717, 1.165) is 53.7 Å². The molecule has 0 aliphatic carbocycles. The Kier molecular flexibility index (Phi) is 8.38. The molecule has 0 bridgehead atoms. The molecular weight excluding hydrogens is 444 g/mol. The molecule has 1 unspecified atom stereocenters. The molecule has 1 saturated heterocycles. The van der Waals surface area contributed by atoms with Crippen molar-refractivity contribution in [3.63, 3.8) is 0 Å². The molecule has 0 saturated carbocycles. The Morgan fingerprint density at radius 2 is 1.74 bits per heavy atom. The topological polar surface area (TPSA) is 85.8 Å². The summed E-state index contributed by atoms with van der Waals surface area (Å²) in [6.07, 6.45) is 3.37. The number of benzene rings is 2. The molecular formula is C27H32N4O4. The molecule has 1 atom stereocenters. The van der Waals surface area contributed by atoms with Crippen LogP contribution in [0, 0.1) is 5.92 Å². The fourth-order valence-electron chi connectivity index (χ4n) is 4.13. The third-order valence-electron chi connectivity index (χ3n) is 5.96. The Labute approximate surface area is 206 Å². The van der Waals surface area contributed by atoms with Crippen LogP contribution in [0.4, 0.5) is 5.82 Å². The maximum Gasteiger partial charge on any atom is 0.225 e. The van der Waals surface area contributed by atoms with E-state index < -0.39 is 0 Å². The third-order valence-corrected chi connectivity index (χ3v) is 5.96. The van der Waals surface area contributed by atoms with Crippen LogP contribution in [0.2, 0.25) is 0 Å². The van der Waals surface area contributed by atoms with Gasteiger partial charge < -0.3 is 24.4 Å². The van der Waals surface area contributed by atoms with Gasteiger partial charge in [-0.3, -0.25) is 4.79 Å². The normalized spacial score (nSPS) is 15.4. The lowest BCUT2D eigenvalue weighted by Gasteiger charge is -2.33. The molecule has 8 heteroatoms. The number of aromatic nitrogens is 2. The summed E-state index contributed by atoms with van der Waals surface area (Å²) in [5.41, 5.74) is 1.84. The second-order valence-corrected chi connectivity index (χ2v) is 8.32. The summed E-state index contributed by atoms with van der Waals surface area (Å²) in [4.78, 5) is 23.9. The van der Waals surface area contributed by atoms with Crippen LogP contribution in [0.1, 0.15) is 19.8 Å². The van der Waals surface area contributed by atoms with Crippen LogP contribution < -0.4 is 24.4 Å². The fourth-order valence-corrected chi connectivity index (χ4v) is 4.13. The number of ether oxygens (including phenoxy) is 3. The number of anilines is 1. The van der Waals surface area contributed by atoms with Crippen molar-refractivity contribution in [2.24, 2.45) is 5.92 Å². The molecule has 8 nitrogen and oxygen atoms in total. The van der Waals surface area contributed by atoms with Crippen molar-refractivity contribution in [1.82, 2.24) is 15.3 Å². The summed E-state index contributed by atoms with van der Waals surface area (Å²) < 4.78 is 16.4. The maximum absolute atomic E-state index is 12.8. The molecule has 35 heavy (non-hydrogen) atoms. The zero-order valence-electron chi connectivity index (χ0n) is 20.3. The monoisotopic (exact) mass is 476 g/mol. The molecule has 1 N–H and O–H groups in total. The zero-order chi connectivity index (χ0) is 24.5. The van der Waals surface area contributed by atoms with E-state index in [9.17, 15) is 4.79 Å². The predicted molar refractivity (Wildman–Crippen MR) is 135 cm³/mol. The number of methoxy groups -OCH3 is 1. The number of carbonyl (C=O) groups excluding carboxylic acids is 1. The van der Waals surface area contributed by atoms with E-state index in [-0.39, 0.29) is 11.8 Å². The number of hydrogen-bond donors (Lipinski definition) is 1. The van der Waals surface area contributed by atoms with E-state index in [0.29, 0.717) is 26.3 Å². The zero-order valence-corrected chi connectivity index (χ0v) is 20.3. The van der Waals surface area contributed by atoms with Gasteiger partial charge in [0.25, 0.3) is 0 Å². The first-order chi connectivity index (χ1) is 17.2.